The predicted octanol–water partition coefficient (Wildman–Crippen LogP) is 3.10. The van der Waals surface area contributed by atoms with Crippen LogP contribution in [-0.4, -0.2) is 16.5 Å². The van der Waals surface area contributed by atoms with Crippen molar-refractivity contribution in [1.29, 1.82) is 0 Å². The van der Waals surface area contributed by atoms with E-state index in [1.807, 2.05) is 19.9 Å². The van der Waals surface area contributed by atoms with Gasteiger partial charge in [0.05, 0.1) is 5.60 Å². The number of fused-ring (bicyclic) bond motifs is 1. The first-order valence-electron chi connectivity index (χ1n) is 6.66. The van der Waals surface area contributed by atoms with Crippen molar-refractivity contribution >= 4 is 5.78 Å². The Kier molecular flexibility index (Phi) is 2.97. The molecule has 0 heterocycles. The Labute approximate surface area is 104 Å². The minimum atomic E-state index is -0.594. The van der Waals surface area contributed by atoms with E-state index in [1.165, 1.54) is 5.57 Å². The summed E-state index contributed by atoms with van der Waals surface area (Å²) in [5.41, 5.74) is 0.762. The van der Waals surface area contributed by atoms with Crippen molar-refractivity contribution in [3.63, 3.8) is 0 Å². The zero-order valence-corrected chi connectivity index (χ0v) is 11.4. The SMILES string of the molecule is CC1=CC(=O)CC2(C)CCC(C(C)(C)O)CC12. The maximum Gasteiger partial charge on any atom is 0.156 e. The summed E-state index contributed by atoms with van der Waals surface area (Å²) in [6.07, 6.45) is 5.63. The average molecular weight is 236 g/mol. The van der Waals surface area contributed by atoms with Crippen LogP contribution >= 0.6 is 0 Å². The second kappa shape index (κ2) is 3.94. The molecule has 17 heavy (non-hydrogen) atoms. The molecule has 0 spiro atoms. The zero-order chi connectivity index (χ0) is 12.8. The molecule has 0 bridgehead atoms. The second-order valence-corrected chi connectivity index (χ2v) is 6.86. The molecule has 1 N–H and O–H groups in total. The smallest absolute Gasteiger partial charge is 0.156 e. The van der Waals surface area contributed by atoms with Gasteiger partial charge in [-0.05, 0) is 63.4 Å². The van der Waals surface area contributed by atoms with Crippen LogP contribution in [0, 0.1) is 17.3 Å². The van der Waals surface area contributed by atoms with Crippen molar-refractivity contribution in [2.75, 3.05) is 0 Å². The summed E-state index contributed by atoms with van der Waals surface area (Å²) in [7, 11) is 0. The van der Waals surface area contributed by atoms with E-state index < -0.39 is 5.60 Å². The number of aliphatic hydroxyl groups is 1. The fraction of sp³-hybridized carbons (Fsp3) is 0.800. The maximum absolute atomic E-state index is 11.7. The summed E-state index contributed by atoms with van der Waals surface area (Å²) in [5, 5.41) is 10.2. The van der Waals surface area contributed by atoms with E-state index in [4.69, 9.17) is 0 Å². The van der Waals surface area contributed by atoms with Crippen molar-refractivity contribution in [3.8, 4) is 0 Å². The molecule has 1 saturated carbocycles. The lowest BCUT2D eigenvalue weighted by atomic mass is 9.56. The minimum absolute atomic E-state index is 0.137. The van der Waals surface area contributed by atoms with E-state index in [-0.39, 0.29) is 11.2 Å². The molecular weight excluding hydrogens is 212 g/mol. The maximum atomic E-state index is 11.7. The topological polar surface area (TPSA) is 37.3 Å². The summed E-state index contributed by atoms with van der Waals surface area (Å²) in [6.45, 7) is 8.14. The van der Waals surface area contributed by atoms with E-state index >= 15 is 0 Å². The normalized spacial score (nSPS) is 38.6. The van der Waals surface area contributed by atoms with E-state index in [9.17, 15) is 9.90 Å². The Bertz CT molecular complexity index is 362. The fourth-order valence-corrected chi connectivity index (χ4v) is 3.76. The van der Waals surface area contributed by atoms with E-state index in [1.54, 1.807) is 0 Å². The Morgan fingerprint density at radius 2 is 2.12 bits per heavy atom. The number of hydrogen-bond donors (Lipinski definition) is 1. The standard InChI is InChI=1S/C15H24O2/c1-10-7-12(16)9-15(4)6-5-11(8-13(10)15)14(2,3)17/h7,11,13,17H,5-6,8-9H2,1-4H3. The van der Waals surface area contributed by atoms with E-state index in [0.29, 0.717) is 18.3 Å². The Morgan fingerprint density at radius 1 is 1.47 bits per heavy atom. The first-order chi connectivity index (χ1) is 7.72. The number of ketones is 1. The van der Waals surface area contributed by atoms with Crippen molar-refractivity contribution in [2.24, 2.45) is 17.3 Å². The summed E-state index contributed by atoms with van der Waals surface area (Å²) >= 11 is 0. The van der Waals surface area contributed by atoms with E-state index in [2.05, 4.69) is 13.8 Å². The van der Waals surface area contributed by atoms with Crippen LogP contribution in [-0.2, 0) is 4.79 Å². The molecule has 3 atom stereocenters. The van der Waals surface area contributed by atoms with Gasteiger partial charge in [0, 0.05) is 6.42 Å². The van der Waals surface area contributed by atoms with Crippen LogP contribution in [0.15, 0.2) is 11.6 Å². The van der Waals surface area contributed by atoms with E-state index in [0.717, 1.165) is 19.3 Å². The molecule has 0 aromatic rings. The molecule has 0 amide bonds. The second-order valence-electron chi connectivity index (χ2n) is 6.86. The lowest BCUT2D eigenvalue weighted by molar-refractivity contribution is -0.120. The molecule has 2 heteroatoms. The van der Waals surface area contributed by atoms with Gasteiger partial charge in [-0.2, -0.15) is 0 Å². The lowest BCUT2D eigenvalue weighted by Crippen LogP contribution is -2.44. The Morgan fingerprint density at radius 3 is 2.71 bits per heavy atom. The first kappa shape index (κ1) is 12.8. The minimum Gasteiger partial charge on any atom is -0.390 e. The summed E-state index contributed by atoms with van der Waals surface area (Å²) in [4.78, 5) is 11.7. The number of allylic oxidation sites excluding steroid dienone is 2. The largest absolute Gasteiger partial charge is 0.390 e. The van der Waals surface area contributed by atoms with Gasteiger partial charge in [-0.15, -0.1) is 0 Å². The summed E-state index contributed by atoms with van der Waals surface area (Å²) in [5.74, 6) is 1.12. The van der Waals surface area contributed by atoms with Crippen LogP contribution in [0.25, 0.3) is 0 Å². The molecule has 0 saturated heterocycles. The molecule has 2 aliphatic carbocycles. The predicted molar refractivity (Wildman–Crippen MR) is 68.6 cm³/mol. The number of carbonyl (C=O) groups is 1. The number of rotatable bonds is 1. The highest BCUT2D eigenvalue weighted by molar-refractivity contribution is 5.92. The number of hydrogen-bond acceptors (Lipinski definition) is 2. The van der Waals surface area contributed by atoms with Crippen LogP contribution in [0.3, 0.4) is 0 Å². The van der Waals surface area contributed by atoms with Gasteiger partial charge in [0.1, 0.15) is 0 Å². The van der Waals surface area contributed by atoms with Gasteiger partial charge in [0.25, 0.3) is 0 Å². The molecule has 2 aliphatic rings. The van der Waals surface area contributed by atoms with Crippen molar-refractivity contribution < 1.29 is 9.90 Å². The fourth-order valence-electron chi connectivity index (χ4n) is 3.76. The summed E-state index contributed by atoms with van der Waals surface area (Å²) in [6, 6.07) is 0. The molecule has 0 aromatic heterocycles. The Balaban J connectivity index is 2.24. The van der Waals surface area contributed by atoms with Gasteiger partial charge in [0.2, 0.25) is 0 Å². The Hall–Kier alpha value is -0.630. The highest BCUT2D eigenvalue weighted by Crippen LogP contribution is 2.52. The third-order valence-corrected chi connectivity index (χ3v) is 4.94. The van der Waals surface area contributed by atoms with Crippen molar-refractivity contribution in [3.05, 3.63) is 11.6 Å². The van der Waals surface area contributed by atoms with Gasteiger partial charge in [-0.1, -0.05) is 12.5 Å². The van der Waals surface area contributed by atoms with Gasteiger partial charge in [-0.3, -0.25) is 4.79 Å². The average Bonchev–Trinajstić information content (AvgIpc) is 2.13. The quantitative estimate of drug-likeness (QED) is 0.759. The molecule has 2 rings (SSSR count). The third-order valence-electron chi connectivity index (χ3n) is 4.94. The van der Waals surface area contributed by atoms with Crippen LogP contribution in [0.1, 0.15) is 53.4 Å². The molecule has 0 radical (unpaired) electrons. The van der Waals surface area contributed by atoms with Gasteiger partial charge < -0.3 is 5.11 Å². The van der Waals surface area contributed by atoms with Gasteiger partial charge in [-0.25, -0.2) is 0 Å². The van der Waals surface area contributed by atoms with Crippen molar-refractivity contribution in [1.82, 2.24) is 0 Å². The molecule has 2 nitrogen and oxygen atoms in total. The summed E-state index contributed by atoms with van der Waals surface area (Å²) < 4.78 is 0. The molecule has 0 aromatic carbocycles. The van der Waals surface area contributed by atoms with Crippen LogP contribution < -0.4 is 0 Å². The van der Waals surface area contributed by atoms with Gasteiger partial charge in [0.15, 0.2) is 5.78 Å². The highest BCUT2D eigenvalue weighted by atomic mass is 16.3. The zero-order valence-electron chi connectivity index (χ0n) is 11.4. The van der Waals surface area contributed by atoms with Gasteiger partial charge >= 0.3 is 0 Å². The number of carbonyl (C=O) groups excluding carboxylic acids is 1. The first-order valence-corrected chi connectivity index (χ1v) is 6.66. The third kappa shape index (κ3) is 2.33. The molecule has 1 fully saturated rings. The van der Waals surface area contributed by atoms with Crippen molar-refractivity contribution in [2.45, 2.75) is 59.0 Å². The molecule has 0 aliphatic heterocycles. The lowest BCUT2D eigenvalue weighted by Gasteiger charge is -2.49. The molecule has 96 valence electrons. The van der Waals surface area contributed by atoms with Crippen LogP contribution in [0.2, 0.25) is 0 Å². The van der Waals surface area contributed by atoms with Crippen LogP contribution in [0.4, 0.5) is 0 Å². The highest BCUT2D eigenvalue weighted by Gasteiger charge is 2.46. The molecular formula is C15H24O2. The van der Waals surface area contributed by atoms with Crippen LogP contribution in [0.5, 0.6) is 0 Å². The molecule has 3 unspecified atom stereocenters. The monoisotopic (exact) mass is 236 g/mol.